The van der Waals surface area contributed by atoms with E-state index >= 15 is 0 Å². The predicted molar refractivity (Wildman–Crippen MR) is 76.5 cm³/mol. The van der Waals surface area contributed by atoms with Gasteiger partial charge in [0.25, 0.3) is 0 Å². The molecule has 0 radical (unpaired) electrons. The molecule has 1 N–H and O–H groups in total. The lowest BCUT2D eigenvalue weighted by molar-refractivity contribution is -0.134. The molecule has 0 aromatic heterocycles. The van der Waals surface area contributed by atoms with Gasteiger partial charge < -0.3 is 10.2 Å². The second kappa shape index (κ2) is 5.85. The third kappa shape index (κ3) is 3.12. The van der Waals surface area contributed by atoms with Gasteiger partial charge in [0.15, 0.2) is 0 Å². The number of nitrogens with one attached hydrogen (secondary N) is 1. The summed E-state index contributed by atoms with van der Waals surface area (Å²) in [5, 5.41) is 3.39. The highest BCUT2D eigenvalue weighted by Crippen LogP contribution is 2.14. The van der Waals surface area contributed by atoms with E-state index in [-0.39, 0.29) is 11.9 Å². The molecule has 1 amide bonds. The van der Waals surface area contributed by atoms with Crippen LogP contribution in [0.25, 0.3) is 0 Å². The van der Waals surface area contributed by atoms with Crippen molar-refractivity contribution in [2.45, 2.75) is 32.4 Å². The average Bonchev–Trinajstić information content (AvgIpc) is 2.35. The molecule has 3 nitrogen and oxygen atoms in total. The summed E-state index contributed by atoms with van der Waals surface area (Å²) >= 11 is 3.40. The Balaban J connectivity index is 2.01. The molecule has 0 aliphatic carbocycles. The van der Waals surface area contributed by atoms with Crippen molar-refractivity contribution in [3.8, 4) is 0 Å². The fourth-order valence-corrected chi connectivity index (χ4v) is 2.55. The summed E-state index contributed by atoms with van der Waals surface area (Å²) in [5.41, 5.74) is 1.07. The van der Waals surface area contributed by atoms with Gasteiger partial charge in [0, 0.05) is 29.6 Å². The van der Waals surface area contributed by atoms with E-state index in [1.54, 1.807) is 0 Å². The Hall–Kier alpha value is -0.870. The van der Waals surface area contributed by atoms with Gasteiger partial charge in [-0.2, -0.15) is 0 Å². The minimum Gasteiger partial charge on any atom is -0.337 e. The molecule has 0 bridgehead atoms. The first-order valence-corrected chi connectivity index (χ1v) is 7.14. The topological polar surface area (TPSA) is 32.3 Å². The van der Waals surface area contributed by atoms with Crippen molar-refractivity contribution in [1.82, 2.24) is 10.2 Å². The molecule has 1 fully saturated rings. The summed E-state index contributed by atoms with van der Waals surface area (Å²) in [4.78, 5) is 14.3. The van der Waals surface area contributed by atoms with E-state index < -0.39 is 0 Å². The zero-order valence-electron chi connectivity index (χ0n) is 10.8. The van der Waals surface area contributed by atoms with Crippen molar-refractivity contribution in [3.05, 3.63) is 34.3 Å². The van der Waals surface area contributed by atoms with Crippen molar-refractivity contribution in [2.24, 2.45) is 0 Å². The van der Waals surface area contributed by atoms with Crippen molar-refractivity contribution >= 4 is 21.8 Å². The Morgan fingerprint density at radius 1 is 1.39 bits per heavy atom. The maximum atomic E-state index is 12.3. The zero-order valence-corrected chi connectivity index (χ0v) is 12.4. The number of benzene rings is 1. The number of piperazine rings is 1. The Labute approximate surface area is 117 Å². The summed E-state index contributed by atoms with van der Waals surface area (Å²) < 4.78 is 1.04. The third-order valence-electron chi connectivity index (χ3n) is 3.62. The van der Waals surface area contributed by atoms with Crippen LogP contribution in [0.15, 0.2) is 28.7 Å². The third-order valence-corrected chi connectivity index (χ3v) is 4.15. The molecule has 0 saturated carbocycles. The smallest absolute Gasteiger partial charge is 0.227 e. The number of carbonyl (C=O) groups is 1. The lowest BCUT2D eigenvalue weighted by Crippen LogP contribution is -2.57. The Kier molecular flexibility index (Phi) is 4.40. The maximum absolute atomic E-state index is 12.3. The van der Waals surface area contributed by atoms with Crippen LogP contribution in [-0.4, -0.2) is 36.0 Å². The molecule has 98 valence electrons. The van der Waals surface area contributed by atoms with E-state index in [1.165, 1.54) is 0 Å². The Morgan fingerprint density at radius 2 is 2.06 bits per heavy atom. The summed E-state index contributed by atoms with van der Waals surface area (Å²) in [6, 6.07) is 8.59. The molecular weight excluding hydrogens is 292 g/mol. The van der Waals surface area contributed by atoms with Crippen molar-refractivity contribution in [3.63, 3.8) is 0 Å². The number of nitrogens with zero attached hydrogens (tertiary/aromatic N) is 1. The molecule has 1 aliphatic heterocycles. The summed E-state index contributed by atoms with van der Waals surface area (Å²) in [6.45, 7) is 5.93. The molecule has 2 atom stereocenters. The fraction of sp³-hybridized carbons (Fsp3) is 0.500. The second-order valence-electron chi connectivity index (χ2n) is 4.87. The normalized spacial score (nSPS) is 24.1. The van der Waals surface area contributed by atoms with Gasteiger partial charge in [0.05, 0.1) is 6.42 Å². The van der Waals surface area contributed by atoms with Crippen molar-refractivity contribution in [2.75, 3.05) is 13.1 Å². The van der Waals surface area contributed by atoms with Gasteiger partial charge >= 0.3 is 0 Å². The van der Waals surface area contributed by atoms with Gasteiger partial charge in [0.1, 0.15) is 0 Å². The van der Waals surface area contributed by atoms with Crippen LogP contribution < -0.4 is 5.32 Å². The first-order chi connectivity index (χ1) is 8.58. The SMILES string of the molecule is CC1NCCN(C(=O)Cc2ccc(Br)cc2)C1C. The van der Waals surface area contributed by atoms with E-state index in [2.05, 4.69) is 35.1 Å². The van der Waals surface area contributed by atoms with Gasteiger partial charge in [-0.05, 0) is 31.5 Å². The van der Waals surface area contributed by atoms with Gasteiger partial charge in [-0.1, -0.05) is 28.1 Å². The van der Waals surface area contributed by atoms with E-state index in [4.69, 9.17) is 0 Å². The van der Waals surface area contributed by atoms with Crippen LogP contribution in [0.4, 0.5) is 0 Å². The number of carbonyl (C=O) groups excluding carboxylic acids is 1. The average molecular weight is 311 g/mol. The molecule has 0 spiro atoms. The highest BCUT2D eigenvalue weighted by Gasteiger charge is 2.27. The molecular formula is C14H19BrN2O. The van der Waals surface area contributed by atoms with Crippen LogP contribution >= 0.6 is 15.9 Å². The monoisotopic (exact) mass is 310 g/mol. The molecule has 2 unspecified atom stereocenters. The number of halogens is 1. The number of amides is 1. The standard InChI is InChI=1S/C14H19BrN2O/c1-10-11(2)17(8-7-16-10)14(18)9-12-3-5-13(15)6-4-12/h3-6,10-11,16H,7-9H2,1-2H3. The molecule has 2 rings (SSSR count). The van der Waals surface area contributed by atoms with Gasteiger partial charge in [0.2, 0.25) is 5.91 Å². The Bertz CT molecular complexity index is 418. The highest BCUT2D eigenvalue weighted by atomic mass is 79.9. The van der Waals surface area contributed by atoms with Gasteiger partial charge in [-0.15, -0.1) is 0 Å². The van der Waals surface area contributed by atoms with Crippen LogP contribution in [0.2, 0.25) is 0 Å². The lowest BCUT2D eigenvalue weighted by Gasteiger charge is -2.38. The molecule has 1 aliphatic rings. The number of rotatable bonds is 2. The maximum Gasteiger partial charge on any atom is 0.227 e. The van der Waals surface area contributed by atoms with Crippen molar-refractivity contribution in [1.29, 1.82) is 0 Å². The van der Waals surface area contributed by atoms with Crippen LogP contribution in [0.3, 0.4) is 0 Å². The second-order valence-corrected chi connectivity index (χ2v) is 5.79. The first-order valence-electron chi connectivity index (χ1n) is 6.35. The fourth-order valence-electron chi connectivity index (χ4n) is 2.29. The molecule has 18 heavy (non-hydrogen) atoms. The van der Waals surface area contributed by atoms with E-state index in [9.17, 15) is 4.79 Å². The zero-order chi connectivity index (χ0) is 13.1. The quantitative estimate of drug-likeness (QED) is 0.908. The van der Waals surface area contributed by atoms with Crippen LogP contribution in [0.1, 0.15) is 19.4 Å². The first kappa shape index (κ1) is 13.6. The Morgan fingerprint density at radius 3 is 2.72 bits per heavy atom. The van der Waals surface area contributed by atoms with Crippen LogP contribution in [0, 0.1) is 0 Å². The molecule has 1 heterocycles. The molecule has 1 saturated heterocycles. The minimum absolute atomic E-state index is 0.221. The summed E-state index contributed by atoms with van der Waals surface area (Å²) in [5.74, 6) is 0.221. The van der Waals surface area contributed by atoms with Crippen LogP contribution in [0.5, 0.6) is 0 Å². The van der Waals surface area contributed by atoms with E-state index in [0.29, 0.717) is 12.5 Å². The van der Waals surface area contributed by atoms with Crippen LogP contribution in [-0.2, 0) is 11.2 Å². The van der Waals surface area contributed by atoms with Gasteiger partial charge in [-0.25, -0.2) is 0 Å². The van der Waals surface area contributed by atoms with E-state index in [1.807, 2.05) is 29.2 Å². The molecule has 4 heteroatoms. The molecule has 1 aromatic rings. The number of hydrogen-bond donors (Lipinski definition) is 1. The largest absolute Gasteiger partial charge is 0.337 e. The minimum atomic E-state index is 0.221. The van der Waals surface area contributed by atoms with Gasteiger partial charge in [-0.3, -0.25) is 4.79 Å². The lowest BCUT2D eigenvalue weighted by atomic mass is 10.1. The summed E-state index contributed by atoms with van der Waals surface area (Å²) in [6.07, 6.45) is 0.490. The van der Waals surface area contributed by atoms with E-state index in [0.717, 1.165) is 23.1 Å². The molecule has 1 aromatic carbocycles. The number of hydrogen-bond acceptors (Lipinski definition) is 2. The summed E-state index contributed by atoms with van der Waals surface area (Å²) in [7, 11) is 0. The van der Waals surface area contributed by atoms with Crippen molar-refractivity contribution < 1.29 is 4.79 Å². The highest BCUT2D eigenvalue weighted by molar-refractivity contribution is 9.10. The predicted octanol–water partition coefficient (Wildman–Crippen LogP) is 2.20.